The summed E-state index contributed by atoms with van der Waals surface area (Å²) >= 11 is 0. The average molecular weight is 489 g/mol. The van der Waals surface area contributed by atoms with E-state index in [2.05, 4.69) is 6.58 Å². The molecule has 0 radical (unpaired) electrons. The Morgan fingerprint density at radius 3 is 1.91 bits per heavy atom. The number of carbonyl (C=O) groups is 2. The van der Waals surface area contributed by atoms with Crippen molar-refractivity contribution in [1.29, 1.82) is 0 Å². The van der Waals surface area contributed by atoms with Crippen molar-refractivity contribution in [3.63, 3.8) is 0 Å². The molecule has 0 aromatic heterocycles. The monoisotopic (exact) mass is 488 g/mol. The Labute approximate surface area is 203 Å². The zero-order valence-corrected chi connectivity index (χ0v) is 20.5. The van der Waals surface area contributed by atoms with Gasteiger partial charge in [-0.25, -0.2) is 0 Å². The molecule has 0 heterocycles. The number of aliphatic hydroxyl groups excluding tert-OH is 1. The molecular formula is C26H32O9. The van der Waals surface area contributed by atoms with E-state index in [9.17, 15) is 40.2 Å². The van der Waals surface area contributed by atoms with Crippen LogP contribution in [0.15, 0.2) is 12.2 Å². The molecule has 35 heavy (non-hydrogen) atoms. The van der Waals surface area contributed by atoms with Gasteiger partial charge in [0, 0.05) is 41.5 Å². The maximum absolute atomic E-state index is 12.8. The Hall–Kier alpha value is -3.72. The molecule has 0 aliphatic rings. The number of methoxy groups -OCH3 is 1. The molecule has 0 aliphatic carbocycles. The first-order valence-electron chi connectivity index (χ1n) is 11.1. The molecular weight excluding hydrogens is 456 g/mol. The largest absolute Gasteiger partial charge is 0.507 e. The van der Waals surface area contributed by atoms with E-state index in [1.165, 1.54) is 14.0 Å². The maximum atomic E-state index is 12.8. The van der Waals surface area contributed by atoms with Gasteiger partial charge in [0.05, 0.1) is 13.2 Å². The van der Waals surface area contributed by atoms with Crippen molar-refractivity contribution in [2.75, 3.05) is 7.11 Å². The number of benzene rings is 2. The van der Waals surface area contributed by atoms with Crippen LogP contribution in [0.4, 0.5) is 0 Å². The Morgan fingerprint density at radius 1 is 0.886 bits per heavy atom. The number of phenolic OH excluding ortho intramolecular Hbond substituents is 5. The lowest BCUT2D eigenvalue weighted by Gasteiger charge is -2.22. The summed E-state index contributed by atoms with van der Waals surface area (Å²) in [7, 11) is 1.28. The zero-order valence-electron chi connectivity index (χ0n) is 20.5. The highest BCUT2D eigenvalue weighted by molar-refractivity contribution is 6.03. The molecule has 6 N–H and O–H groups in total. The molecule has 2 aromatic carbocycles. The predicted molar refractivity (Wildman–Crippen MR) is 129 cm³/mol. The van der Waals surface area contributed by atoms with E-state index in [0.29, 0.717) is 12.0 Å². The standard InChI is InChI=1S/C26H32O9/c1-7-8-17(28)20-23(32)14(22(31)15(24(20)33)10-18(29)11(2)3)9-16-25(34)19(13(5)27)21(30)12(4)26(16)35-6/h18,29-34H,2,7-10H2,1,3-6H3/t18-/m1/s1. The summed E-state index contributed by atoms with van der Waals surface area (Å²) in [6.07, 6.45) is -1.48. The fraction of sp³-hybridized carbons (Fsp3) is 0.385. The summed E-state index contributed by atoms with van der Waals surface area (Å²) in [6, 6.07) is 0. The molecule has 0 unspecified atom stereocenters. The average Bonchev–Trinajstić information content (AvgIpc) is 2.77. The van der Waals surface area contributed by atoms with Crippen molar-refractivity contribution in [2.45, 2.75) is 59.5 Å². The third-order valence-corrected chi connectivity index (χ3v) is 5.98. The maximum Gasteiger partial charge on any atom is 0.170 e. The van der Waals surface area contributed by atoms with Gasteiger partial charge in [-0.3, -0.25) is 9.59 Å². The second-order valence-electron chi connectivity index (χ2n) is 8.56. The van der Waals surface area contributed by atoms with Gasteiger partial charge in [-0.15, -0.1) is 0 Å². The van der Waals surface area contributed by atoms with E-state index >= 15 is 0 Å². The van der Waals surface area contributed by atoms with Gasteiger partial charge in [-0.1, -0.05) is 19.1 Å². The van der Waals surface area contributed by atoms with Crippen molar-refractivity contribution < 1.29 is 45.0 Å². The number of aromatic hydroxyl groups is 5. The number of rotatable bonds is 10. The van der Waals surface area contributed by atoms with Gasteiger partial charge in [0.25, 0.3) is 0 Å². The number of ether oxygens (including phenoxy) is 1. The van der Waals surface area contributed by atoms with Gasteiger partial charge in [0.1, 0.15) is 45.6 Å². The summed E-state index contributed by atoms with van der Waals surface area (Å²) in [5, 5.41) is 64.3. The smallest absolute Gasteiger partial charge is 0.170 e. The minimum Gasteiger partial charge on any atom is -0.507 e. The number of phenols is 5. The lowest BCUT2D eigenvalue weighted by atomic mass is 9.88. The number of carbonyl (C=O) groups excluding carboxylic acids is 2. The van der Waals surface area contributed by atoms with Crippen LogP contribution in [0, 0.1) is 6.92 Å². The predicted octanol–water partition coefficient (Wildman–Crippen LogP) is 3.79. The van der Waals surface area contributed by atoms with E-state index in [4.69, 9.17) is 4.74 Å². The van der Waals surface area contributed by atoms with Crippen molar-refractivity contribution in [1.82, 2.24) is 0 Å². The normalized spacial score (nSPS) is 11.8. The SMILES string of the molecule is C=C(C)[C@H](O)Cc1c(O)c(Cc2c(O)c(C(C)=O)c(O)c(C)c2OC)c(O)c(C(=O)CCC)c1O. The second kappa shape index (κ2) is 10.7. The van der Waals surface area contributed by atoms with Gasteiger partial charge in [-0.2, -0.15) is 0 Å². The number of hydrogen-bond donors (Lipinski definition) is 6. The Kier molecular flexibility index (Phi) is 8.41. The molecule has 190 valence electrons. The summed E-state index contributed by atoms with van der Waals surface area (Å²) in [5.41, 5.74) is -0.763. The summed E-state index contributed by atoms with van der Waals surface area (Å²) in [5.74, 6) is -4.28. The Morgan fingerprint density at radius 2 is 1.43 bits per heavy atom. The first-order chi connectivity index (χ1) is 16.3. The summed E-state index contributed by atoms with van der Waals surface area (Å²) in [6.45, 7) is 9.55. The van der Waals surface area contributed by atoms with E-state index in [0.717, 1.165) is 6.92 Å². The molecule has 2 rings (SSSR count). The lowest BCUT2D eigenvalue weighted by Crippen LogP contribution is -2.14. The third kappa shape index (κ3) is 5.05. The van der Waals surface area contributed by atoms with Crippen LogP contribution in [0.5, 0.6) is 34.5 Å². The van der Waals surface area contributed by atoms with Crippen LogP contribution in [-0.4, -0.2) is 55.4 Å². The van der Waals surface area contributed by atoms with Gasteiger partial charge in [0.15, 0.2) is 11.6 Å². The van der Waals surface area contributed by atoms with Crippen LogP contribution < -0.4 is 4.74 Å². The van der Waals surface area contributed by atoms with Gasteiger partial charge in [0.2, 0.25) is 0 Å². The van der Waals surface area contributed by atoms with Crippen LogP contribution in [0.3, 0.4) is 0 Å². The van der Waals surface area contributed by atoms with Gasteiger partial charge in [-0.05, 0) is 27.2 Å². The topological polar surface area (TPSA) is 165 Å². The van der Waals surface area contributed by atoms with Crippen LogP contribution in [0.25, 0.3) is 0 Å². The zero-order chi connectivity index (χ0) is 26.8. The van der Waals surface area contributed by atoms with E-state index in [-0.39, 0.29) is 46.4 Å². The molecule has 9 heteroatoms. The Bertz CT molecular complexity index is 1190. The molecule has 9 nitrogen and oxygen atoms in total. The summed E-state index contributed by atoms with van der Waals surface area (Å²) < 4.78 is 5.33. The summed E-state index contributed by atoms with van der Waals surface area (Å²) in [4.78, 5) is 24.9. The third-order valence-electron chi connectivity index (χ3n) is 5.98. The Balaban J connectivity index is 2.91. The van der Waals surface area contributed by atoms with E-state index < -0.39 is 58.4 Å². The minimum absolute atomic E-state index is 0.00169. The van der Waals surface area contributed by atoms with Gasteiger partial charge < -0.3 is 35.4 Å². The molecule has 0 saturated carbocycles. The fourth-order valence-electron chi connectivity index (χ4n) is 4.01. The van der Waals surface area contributed by atoms with Crippen LogP contribution in [-0.2, 0) is 12.8 Å². The number of hydrogen-bond acceptors (Lipinski definition) is 9. The minimum atomic E-state index is -1.17. The van der Waals surface area contributed by atoms with Crippen LogP contribution in [0.1, 0.15) is 76.6 Å². The van der Waals surface area contributed by atoms with Crippen molar-refractivity contribution >= 4 is 11.6 Å². The number of aliphatic hydroxyl groups is 1. The first-order valence-corrected chi connectivity index (χ1v) is 11.1. The molecule has 0 spiro atoms. The van der Waals surface area contributed by atoms with Crippen LogP contribution in [0.2, 0.25) is 0 Å². The second-order valence-corrected chi connectivity index (χ2v) is 8.56. The molecule has 0 saturated heterocycles. The number of Topliss-reactive ketones (excluding diaryl/α,β-unsaturated/α-hetero) is 2. The first kappa shape index (κ1) is 27.5. The van der Waals surface area contributed by atoms with Gasteiger partial charge >= 0.3 is 0 Å². The van der Waals surface area contributed by atoms with E-state index in [1.54, 1.807) is 13.8 Å². The molecule has 2 aromatic rings. The highest BCUT2D eigenvalue weighted by Gasteiger charge is 2.31. The van der Waals surface area contributed by atoms with E-state index in [1.807, 2.05) is 0 Å². The van der Waals surface area contributed by atoms with Crippen molar-refractivity contribution in [3.05, 3.63) is 45.5 Å². The lowest BCUT2D eigenvalue weighted by molar-refractivity contribution is 0.0973. The molecule has 0 aliphatic heterocycles. The van der Waals surface area contributed by atoms with Crippen molar-refractivity contribution in [2.24, 2.45) is 0 Å². The molecule has 0 fully saturated rings. The highest BCUT2D eigenvalue weighted by Crippen LogP contribution is 2.48. The van der Waals surface area contributed by atoms with Crippen molar-refractivity contribution in [3.8, 4) is 34.5 Å². The molecule has 0 bridgehead atoms. The quantitative estimate of drug-likeness (QED) is 0.216. The molecule has 1 atom stereocenters. The fourth-order valence-corrected chi connectivity index (χ4v) is 4.01. The van der Waals surface area contributed by atoms with Crippen LogP contribution >= 0.6 is 0 Å². The highest BCUT2D eigenvalue weighted by atomic mass is 16.5. The number of ketones is 2. The molecule has 0 amide bonds.